The van der Waals surface area contributed by atoms with Crippen molar-refractivity contribution in [1.82, 2.24) is 5.32 Å². The fourth-order valence-corrected chi connectivity index (χ4v) is 2.11. The van der Waals surface area contributed by atoms with Gasteiger partial charge < -0.3 is 11.1 Å². The highest BCUT2D eigenvalue weighted by Gasteiger charge is 2.21. The zero-order chi connectivity index (χ0) is 15.4. The smallest absolute Gasteiger partial charge is 0.241 e. The summed E-state index contributed by atoms with van der Waals surface area (Å²) >= 11 is 0. The molecule has 0 bridgehead atoms. The first-order valence-corrected chi connectivity index (χ1v) is 6.55. The van der Waals surface area contributed by atoms with Crippen LogP contribution in [-0.4, -0.2) is 5.91 Å². The largest absolute Gasteiger partial charge is 0.348 e. The van der Waals surface area contributed by atoms with Crippen LogP contribution in [0.5, 0.6) is 0 Å². The van der Waals surface area contributed by atoms with Gasteiger partial charge in [-0.15, -0.1) is 0 Å². The molecule has 2 aromatic rings. The molecule has 2 atom stereocenters. The van der Waals surface area contributed by atoms with E-state index in [4.69, 9.17) is 5.73 Å². The van der Waals surface area contributed by atoms with Gasteiger partial charge in [0.1, 0.15) is 17.7 Å². The summed E-state index contributed by atoms with van der Waals surface area (Å²) in [6, 6.07) is 10.7. The molecule has 5 heteroatoms. The standard InChI is InChI=1S/C16H16F2N2O/c1-10(14-12(17)8-5-9-13(14)18)20-16(21)15(19)11-6-3-2-4-7-11/h2-10,15H,19H2,1H3,(H,20,21). The average Bonchev–Trinajstić information content (AvgIpc) is 2.47. The molecule has 110 valence electrons. The Kier molecular flexibility index (Phi) is 4.65. The van der Waals surface area contributed by atoms with Gasteiger partial charge in [0.2, 0.25) is 5.91 Å². The first-order chi connectivity index (χ1) is 10.0. The van der Waals surface area contributed by atoms with E-state index >= 15 is 0 Å². The fourth-order valence-electron chi connectivity index (χ4n) is 2.11. The first-order valence-electron chi connectivity index (χ1n) is 6.55. The molecule has 0 fully saturated rings. The van der Waals surface area contributed by atoms with Crippen molar-refractivity contribution in [2.24, 2.45) is 5.73 Å². The van der Waals surface area contributed by atoms with Gasteiger partial charge in [0, 0.05) is 5.56 Å². The van der Waals surface area contributed by atoms with Crippen LogP contribution in [0.4, 0.5) is 8.78 Å². The maximum atomic E-state index is 13.7. The summed E-state index contributed by atoms with van der Waals surface area (Å²) in [5.41, 5.74) is 6.30. The third-order valence-electron chi connectivity index (χ3n) is 3.23. The molecule has 0 aliphatic rings. The molecule has 0 saturated heterocycles. The Morgan fingerprint density at radius 2 is 1.62 bits per heavy atom. The Morgan fingerprint density at radius 1 is 1.05 bits per heavy atom. The number of carbonyl (C=O) groups is 1. The second-order valence-electron chi connectivity index (χ2n) is 4.75. The summed E-state index contributed by atoms with van der Waals surface area (Å²) in [5.74, 6) is -1.89. The third-order valence-corrected chi connectivity index (χ3v) is 3.23. The predicted octanol–water partition coefficient (Wildman–Crippen LogP) is 2.84. The van der Waals surface area contributed by atoms with Crippen molar-refractivity contribution in [3.05, 3.63) is 71.3 Å². The number of hydrogen-bond acceptors (Lipinski definition) is 2. The van der Waals surface area contributed by atoms with Gasteiger partial charge >= 0.3 is 0 Å². The Morgan fingerprint density at radius 3 is 2.19 bits per heavy atom. The van der Waals surface area contributed by atoms with Crippen LogP contribution in [0, 0.1) is 11.6 Å². The van der Waals surface area contributed by atoms with Crippen LogP contribution in [0.1, 0.15) is 30.1 Å². The summed E-state index contributed by atoms with van der Waals surface area (Å²) < 4.78 is 27.3. The number of carbonyl (C=O) groups excluding carboxylic acids is 1. The Labute approximate surface area is 121 Å². The number of benzene rings is 2. The van der Waals surface area contributed by atoms with Crippen molar-refractivity contribution in [2.75, 3.05) is 0 Å². The van der Waals surface area contributed by atoms with Gasteiger partial charge in [-0.3, -0.25) is 4.79 Å². The lowest BCUT2D eigenvalue weighted by Gasteiger charge is -2.19. The fraction of sp³-hybridized carbons (Fsp3) is 0.188. The highest BCUT2D eigenvalue weighted by molar-refractivity contribution is 5.83. The zero-order valence-electron chi connectivity index (χ0n) is 11.5. The van der Waals surface area contributed by atoms with E-state index in [1.165, 1.54) is 13.0 Å². The number of amides is 1. The monoisotopic (exact) mass is 290 g/mol. The van der Waals surface area contributed by atoms with Gasteiger partial charge in [-0.05, 0) is 24.6 Å². The number of halogens is 2. The van der Waals surface area contributed by atoms with Gasteiger partial charge in [0.15, 0.2) is 0 Å². The molecule has 2 aromatic carbocycles. The Balaban J connectivity index is 2.12. The van der Waals surface area contributed by atoms with E-state index in [1.807, 2.05) is 6.07 Å². The molecule has 2 unspecified atom stereocenters. The lowest BCUT2D eigenvalue weighted by Crippen LogP contribution is -2.36. The molecule has 0 heterocycles. The molecule has 0 aromatic heterocycles. The van der Waals surface area contributed by atoms with E-state index in [1.54, 1.807) is 24.3 Å². The minimum absolute atomic E-state index is 0.175. The van der Waals surface area contributed by atoms with E-state index in [0.717, 1.165) is 12.1 Å². The van der Waals surface area contributed by atoms with Crippen LogP contribution >= 0.6 is 0 Å². The molecule has 0 spiro atoms. The molecular formula is C16H16F2N2O. The maximum absolute atomic E-state index is 13.7. The second-order valence-corrected chi connectivity index (χ2v) is 4.75. The summed E-state index contributed by atoms with van der Waals surface area (Å²) in [6.07, 6.45) is 0. The number of nitrogens with two attached hydrogens (primary N) is 1. The van der Waals surface area contributed by atoms with Crippen LogP contribution < -0.4 is 11.1 Å². The van der Waals surface area contributed by atoms with Crippen LogP contribution in [-0.2, 0) is 4.79 Å². The molecule has 2 rings (SSSR count). The summed E-state index contributed by atoms with van der Waals surface area (Å²) in [7, 11) is 0. The van der Waals surface area contributed by atoms with Crippen molar-refractivity contribution in [1.29, 1.82) is 0 Å². The Hall–Kier alpha value is -2.27. The minimum atomic E-state index is -0.886. The van der Waals surface area contributed by atoms with E-state index in [0.29, 0.717) is 5.56 Å². The van der Waals surface area contributed by atoms with Crippen molar-refractivity contribution < 1.29 is 13.6 Å². The predicted molar refractivity (Wildman–Crippen MR) is 76.3 cm³/mol. The van der Waals surface area contributed by atoms with Crippen LogP contribution in [0.15, 0.2) is 48.5 Å². The Bertz CT molecular complexity index is 611. The summed E-state index contributed by atoms with van der Waals surface area (Å²) in [5, 5.41) is 2.53. The molecule has 3 nitrogen and oxygen atoms in total. The maximum Gasteiger partial charge on any atom is 0.241 e. The van der Waals surface area contributed by atoms with Crippen molar-refractivity contribution >= 4 is 5.91 Å². The van der Waals surface area contributed by atoms with Gasteiger partial charge in [-0.25, -0.2) is 8.78 Å². The third kappa shape index (κ3) is 3.44. The van der Waals surface area contributed by atoms with E-state index in [9.17, 15) is 13.6 Å². The normalized spacial score (nSPS) is 13.5. The van der Waals surface area contributed by atoms with Crippen LogP contribution in [0.3, 0.4) is 0 Å². The number of rotatable bonds is 4. The quantitative estimate of drug-likeness (QED) is 0.909. The molecule has 0 saturated carbocycles. The summed E-state index contributed by atoms with van der Waals surface area (Å²) in [4.78, 5) is 12.1. The molecule has 3 N–H and O–H groups in total. The SMILES string of the molecule is CC(NC(=O)C(N)c1ccccc1)c1c(F)cccc1F. The molecular weight excluding hydrogens is 274 g/mol. The highest BCUT2D eigenvalue weighted by atomic mass is 19.1. The van der Waals surface area contributed by atoms with E-state index in [2.05, 4.69) is 5.32 Å². The second kappa shape index (κ2) is 6.45. The molecule has 0 aliphatic heterocycles. The molecule has 0 radical (unpaired) electrons. The first kappa shape index (κ1) is 15.1. The molecule has 21 heavy (non-hydrogen) atoms. The lowest BCUT2D eigenvalue weighted by molar-refractivity contribution is -0.123. The van der Waals surface area contributed by atoms with Gasteiger partial charge in [-0.1, -0.05) is 36.4 Å². The number of nitrogens with one attached hydrogen (secondary N) is 1. The van der Waals surface area contributed by atoms with Crippen molar-refractivity contribution in [2.45, 2.75) is 19.0 Å². The van der Waals surface area contributed by atoms with E-state index < -0.39 is 29.6 Å². The van der Waals surface area contributed by atoms with Crippen molar-refractivity contribution in [3.63, 3.8) is 0 Å². The topological polar surface area (TPSA) is 55.1 Å². The number of hydrogen-bond donors (Lipinski definition) is 2. The lowest BCUT2D eigenvalue weighted by atomic mass is 10.0. The zero-order valence-corrected chi connectivity index (χ0v) is 11.5. The summed E-state index contributed by atoms with van der Waals surface area (Å²) in [6.45, 7) is 1.51. The van der Waals surface area contributed by atoms with Crippen LogP contribution in [0.25, 0.3) is 0 Å². The average molecular weight is 290 g/mol. The van der Waals surface area contributed by atoms with Crippen LogP contribution in [0.2, 0.25) is 0 Å². The van der Waals surface area contributed by atoms with Crippen molar-refractivity contribution in [3.8, 4) is 0 Å². The van der Waals surface area contributed by atoms with Gasteiger partial charge in [0.05, 0.1) is 6.04 Å². The highest BCUT2D eigenvalue weighted by Crippen LogP contribution is 2.21. The van der Waals surface area contributed by atoms with Gasteiger partial charge in [0.25, 0.3) is 0 Å². The minimum Gasteiger partial charge on any atom is -0.348 e. The molecule has 0 aliphatic carbocycles. The van der Waals surface area contributed by atoms with Gasteiger partial charge in [-0.2, -0.15) is 0 Å². The van der Waals surface area contributed by atoms with E-state index in [-0.39, 0.29) is 5.56 Å². The molecule has 1 amide bonds.